The third-order valence-electron chi connectivity index (χ3n) is 5.40. The topological polar surface area (TPSA) is 136 Å². The van der Waals surface area contributed by atoms with Crippen LogP contribution in [0.15, 0.2) is 60.7 Å². The van der Waals surface area contributed by atoms with E-state index < -0.39 is 47.7 Å². The van der Waals surface area contributed by atoms with E-state index in [9.17, 15) is 19.8 Å². The number of benzene rings is 2. The molecule has 4 atom stereocenters. The van der Waals surface area contributed by atoms with Crippen molar-refractivity contribution in [3.8, 4) is 0 Å². The molecule has 10 nitrogen and oxygen atoms in total. The van der Waals surface area contributed by atoms with Crippen LogP contribution in [0, 0.1) is 0 Å². The van der Waals surface area contributed by atoms with Gasteiger partial charge in [0.25, 0.3) is 0 Å². The highest BCUT2D eigenvalue weighted by Gasteiger charge is 2.36. The number of carbonyl (C=O) groups excluding carboxylic acids is 2. The molecule has 0 fully saturated rings. The Morgan fingerprint density at radius 1 is 0.650 bits per heavy atom. The van der Waals surface area contributed by atoms with Crippen molar-refractivity contribution in [2.45, 2.75) is 90.2 Å². The van der Waals surface area contributed by atoms with Gasteiger partial charge in [-0.05, 0) is 52.7 Å². The minimum Gasteiger partial charge on any atom is -0.444 e. The summed E-state index contributed by atoms with van der Waals surface area (Å²) in [5.74, 6) is 0. The molecule has 0 unspecified atom stereocenters. The minimum absolute atomic E-state index is 0.142. The van der Waals surface area contributed by atoms with Crippen molar-refractivity contribution in [3.63, 3.8) is 0 Å². The van der Waals surface area contributed by atoms with Crippen LogP contribution in [0.5, 0.6) is 0 Å². The first-order valence-corrected chi connectivity index (χ1v) is 13.3. The average molecular weight is 561 g/mol. The Kier molecular flexibility index (Phi) is 12.9. The number of rotatable bonds is 13. The molecular weight excluding hydrogens is 516 g/mol. The van der Waals surface area contributed by atoms with Gasteiger partial charge >= 0.3 is 12.2 Å². The van der Waals surface area contributed by atoms with Crippen LogP contribution in [0.25, 0.3) is 0 Å². The maximum Gasteiger partial charge on any atom is 0.408 e. The zero-order chi connectivity index (χ0) is 29.8. The Bertz CT molecular complexity index is 938. The van der Waals surface area contributed by atoms with Gasteiger partial charge in [-0.3, -0.25) is 0 Å². The van der Waals surface area contributed by atoms with E-state index in [1.165, 1.54) is 0 Å². The zero-order valence-electron chi connectivity index (χ0n) is 24.3. The summed E-state index contributed by atoms with van der Waals surface area (Å²) in [5, 5.41) is 27.6. The van der Waals surface area contributed by atoms with Crippen LogP contribution in [0.1, 0.15) is 52.7 Å². The molecule has 0 saturated heterocycles. The lowest BCUT2D eigenvalue weighted by atomic mass is 10.00. The monoisotopic (exact) mass is 560 g/mol. The van der Waals surface area contributed by atoms with Gasteiger partial charge in [-0.15, -0.1) is 0 Å². The second-order valence-corrected chi connectivity index (χ2v) is 11.5. The first-order valence-electron chi connectivity index (χ1n) is 13.3. The molecule has 0 saturated carbocycles. The molecule has 0 aliphatic carbocycles. The Hall–Kier alpha value is -3.18. The molecule has 0 aromatic heterocycles. The number of aliphatic hydroxyl groups excluding tert-OH is 2. The SMILES string of the molecule is CC(C)(C)OC(=O)N[C@@H](COCc1ccccc1)[C@@H](O)[C@H](O)[C@H](COCc1ccccc1)NC(=O)OC(C)(C)C. The van der Waals surface area contributed by atoms with Crippen LogP contribution < -0.4 is 10.6 Å². The summed E-state index contributed by atoms with van der Waals surface area (Å²) in [4.78, 5) is 25.1. The quantitative estimate of drug-likeness (QED) is 0.289. The van der Waals surface area contributed by atoms with E-state index >= 15 is 0 Å². The van der Waals surface area contributed by atoms with Crippen molar-refractivity contribution in [3.05, 3.63) is 71.8 Å². The second kappa shape index (κ2) is 15.6. The summed E-state index contributed by atoms with van der Waals surface area (Å²) in [6, 6.07) is 16.6. The van der Waals surface area contributed by atoms with Gasteiger partial charge in [0.2, 0.25) is 0 Å². The van der Waals surface area contributed by atoms with Crippen LogP contribution in [-0.2, 0) is 32.2 Å². The summed E-state index contributed by atoms with van der Waals surface area (Å²) >= 11 is 0. The van der Waals surface area contributed by atoms with E-state index in [0.717, 1.165) is 11.1 Å². The fourth-order valence-corrected chi connectivity index (χ4v) is 3.60. The van der Waals surface area contributed by atoms with E-state index in [2.05, 4.69) is 10.6 Å². The molecular formula is C30H44N2O8. The maximum atomic E-state index is 12.6. The number of ether oxygens (including phenoxy) is 4. The molecule has 2 rings (SSSR count). The van der Waals surface area contributed by atoms with Crippen molar-refractivity contribution in [2.24, 2.45) is 0 Å². The van der Waals surface area contributed by atoms with Gasteiger partial charge in [0, 0.05) is 0 Å². The molecule has 40 heavy (non-hydrogen) atoms. The number of alkyl carbamates (subject to hydrolysis) is 2. The number of carbonyl (C=O) groups is 2. The van der Waals surface area contributed by atoms with Gasteiger partial charge in [0.15, 0.2) is 0 Å². The highest BCUT2D eigenvalue weighted by atomic mass is 16.6. The first-order chi connectivity index (χ1) is 18.7. The van der Waals surface area contributed by atoms with E-state index in [4.69, 9.17) is 18.9 Å². The number of amides is 2. The standard InChI is InChI=1S/C30H44N2O8/c1-29(2,3)39-27(35)31-23(19-37-17-21-13-9-7-10-14-21)25(33)26(34)24(32-28(36)40-30(4,5)6)20-38-18-22-15-11-8-12-16-22/h7-16,23-26,33-34H,17-20H2,1-6H3,(H,31,35)(H,32,36)/t23-,24-,25+,26+/m0/s1. The Morgan fingerprint density at radius 2 is 0.975 bits per heavy atom. The molecule has 0 heterocycles. The smallest absolute Gasteiger partial charge is 0.408 e. The van der Waals surface area contributed by atoms with Crippen molar-refractivity contribution >= 4 is 12.2 Å². The lowest BCUT2D eigenvalue weighted by molar-refractivity contribution is -0.0617. The van der Waals surface area contributed by atoms with E-state index in [1.807, 2.05) is 60.7 Å². The van der Waals surface area contributed by atoms with Crippen LogP contribution in [0.3, 0.4) is 0 Å². The molecule has 0 aliphatic heterocycles. The number of hydrogen-bond acceptors (Lipinski definition) is 8. The van der Waals surface area contributed by atoms with E-state index in [1.54, 1.807) is 41.5 Å². The predicted molar refractivity (Wildman–Crippen MR) is 151 cm³/mol. The zero-order valence-corrected chi connectivity index (χ0v) is 24.3. The van der Waals surface area contributed by atoms with Crippen LogP contribution in [-0.4, -0.2) is 71.1 Å². The van der Waals surface area contributed by atoms with Gasteiger partial charge in [0.05, 0.1) is 38.5 Å². The summed E-state index contributed by atoms with van der Waals surface area (Å²) < 4.78 is 22.2. The molecule has 2 amide bonds. The van der Waals surface area contributed by atoms with Gasteiger partial charge in [-0.1, -0.05) is 60.7 Å². The Labute approximate surface area is 237 Å². The van der Waals surface area contributed by atoms with Crippen LogP contribution >= 0.6 is 0 Å². The predicted octanol–water partition coefficient (Wildman–Crippen LogP) is 3.93. The van der Waals surface area contributed by atoms with Crippen molar-refractivity contribution in [2.75, 3.05) is 13.2 Å². The summed E-state index contributed by atoms with van der Waals surface area (Å²) in [7, 11) is 0. The fourth-order valence-electron chi connectivity index (χ4n) is 3.60. The molecule has 4 N–H and O–H groups in total. The largest absolute Gasteiger partial charge is 0.444 e. The maximum absolute atomic E-state index is 12.6. The lowest BCUT2D eigenvalue weighted by Gasteiger charge is -2.33. The van der Waals surface area contributed by atoms with E-state index in [0.29, 0.717) is 0 Å². The average Bonchev–Trinajstić information content (AvgIpc) is 2.86. The highest BCUT2D eigenvalue weighted by Crippen LogP contribution is 2.14. The number of aliphatic hydroxyl groups is 2. The van der Waals surface area contributed by atoms with Gasteiger partial charge in [-0.25, -0.2) is 9.59 Å². The van der Waals surface area contributed by atoms with Crippen LogP contribution in [0.2, 0.25) is 0 Å². The van der Waals surface area contributed by atoms with Crippen molar-refractivity contribution in [1.29, 1.82) is 0 Å². The summed E-state index contributed by atoms with van der Waals surface area (Å²) in [6.45, 7) is 10.4. The molecule has 2 aromatic rings. The summed E-state index contributed by atoms with van der Waals surface area (Å²) in [5.41, 5.74) is 0.226. The Morgan fingerprint density at radius 3 is 1.27 bits per heavy atom. The molecule has 0 radical (unpaired) electrons. The van der Waals surface area contributed by atoms with Gasteiger partial charge in [0.1, 0.15) is 23.4 Å². The van der Waals surface area contributed by atoms with Crippen molar-refractivity contribution in [1.82, 2.24) is 10.6 Å². The minimum atomic E-state index is -1.57. The number of nitrogens with one attached hydrogen (secondary N) is 2. The third-order valence-corrected chi connectivity index (χ3v) is 5.40. The van der Waals surface area contributed by atoms with Gasteiger partial charge in [-0.2, -0.15) is 0 Å². The molecule has 10 heteroatoms. The lowest BCUT2D eigenvalue weighted by Crippen LogP contribution is -2.59. The first kappa shape index (κ1) is 33.0. The second-order valence-electron chi connectivity index (χ2n) is 11.5. The van der Waals surface area contributed by atoms with E-state index in [-0.39, 0.29) is 26.4 Å². The van der Waals surface area contributed by atoms with Crippen molar-refractivity contribution < 1.29 is 38.7 Å². The Balaban J connectivity index is 2.16. The molecule has 0 spiro atoms. The number of hydrogen-bond donors (Lipinski definition) is 4. The van der Waals surface area contributed by atoms with Gasteiger partial charge < -0.3 is 39.8 Å². The molecule has 2 aromatic carbocycles. The molecule has 0 aliphatic rings. The normalized spacial score (nSPS) is 14.9. The third kappa shape index (κ3) is 13.3. The summed E-state index contributed by atoms with van der Waals surface area (Å²) in [6.07, 6.45) is -4.71. The molecule has 0 bridgehead atoms. The fraction of sp³-hybridized carbons (Fsp3) is 0.533. The molecule has 222 valence electrons. The van der Waals surface area contributed by atoms with Crippen LogP contribution in [0.4, 0.5) is 9.59 Å². The highest BCUT2D eigenvalue weighted by molar-refractivity contribution is 5.69.